The van der Waals surface area contributed by atoms with Crippen LogP contribution < -0.4 is 0 Å². The molecular formula is C64H41N5. The van der Waals surface area contributed by atoms with E-state index in [9.17, 15) is 0 Å². The number of nitrogens with zero attached hydrogens (tertiary/aromatic N) is 5. The lowest BCUT2D eigenvalue weighted by molar-refractivity contribution is 1.08. The Morgan fingerprint density at radius 2 is 0.754 bits per heavy atom. The van der Waals surface area contributed by atoms with E-state index in [1.165, 1.54) is 54.4 Å². The van der Waals surface area contributed by atoms with Crippen molar-refractivity contribution >= 4 is 65.5 Å². The van der Waals surface area contributed by atoms with E-state index in [4.69, 9.17) is 9.97 Å². The second kappa shape index (κ2) is 15.7. The molecule has 14 rings (SSSR count). The summed E-state index contributed by atoms with van der Waals surface area (Å²) in [7, 11) is 0. The number of benzene rings is 10. The SMILES string of the molecule is c1ccc(-n2c(-c3cc(-c4ccc5c(c4)c4ccccc4n5-c4ccccc4)cc(-c4ccc5c(c4)c4ccccc4n5-c4ccccc4)c3)nc3c(-c4ccc5ccccc5c4)ccnc32)cc1. The van der Waals surface area contributed by atoms with Crippen molar-refractivity contribution in [1.82, 2.24) is 23.7 Å². The summed E-state index contributed by atoms with van der Waals surface area (Å²) in [5, 5.41) is 7.23. The maximum atomic E-state index is 5.63. The maximum Gasteiger partial charge on any atom is 0.165 e. The summed E-state index contributed by atoms with van der Waals surface area (Å²) in [6, 6.07) is 87.4. The van der Waals surface area contributed by atoms with Gasteiger partial charge in [-0.05, 0) is 142 Å². The molecule has 4 aromatic heterocycles. The van der Waals surface area contributed by atoms with E-state index in [1.54, 1.807) is 0 Å². The van der Waals surface area contributed by atoms with Gasteiger partial charge >= 0.3 is 0 Å². The van der Waals surface area contributed by atoms with Crippen molar-refractivity contribution in [3.05, 3.63) is 249 Å². The van der Waals surface area contributed by atoms with Crippen LogP contribution >= 0.6 is 0 Å². The lowest BCUT2D eigenvalue weighted by Crippen LogP contribution is -1.99. The van der Waals surface area contributed by atoms with Gasteiger partial charge in [0.2, 0.25) is 0 Å². The molecule has 0 aliphatic carbocycles. The lowest BCUT2D eigenvalue weighted by atomic mass is 9.94. The van der Waals surface area contributed by atoms with E-state index in [-0.39, 0.29) is 0 Å². The van der Waals surface area contributed by atoms with Crippen LogP contribution in [0.2, 0.25) is 0 Å². The first-order valence-electron chi connectivity index (χ1n) is 23.5. The van der Waals surface area contributed by atoms with E-state index < -0.39 is 0 Å². The van der Waals surface area contributed by atoms with Crippen molar-refractivity contribution in [3.8, 4) is 61.8 Å². The maximum absolute atomic E-state index is 5.63. The molecule has 0 N–H and O–H groups in total. The molecule has 0 atom stereocenters. The van der Waals surface area contributed by atoms with Gasteiger partial charge in [0.25, 0.3) is 0 Å². The van der Waals surface area contributed by atoms with Gasteiger partial charge in [0.1, 0.15) is 11.3 Å². The summed E-state index contributed by atoms with van der Waals surface area (Å²) in [5.74, 6) is 0.823. The van der Waals surface area contributed by atoms with E-state index >= 15 is 0 Å². The number of hydrogen-bond acceptors (Lipinski definition) is 2. The first kappa shape index (κ1) is 38.9. The van der Waals surface area contributed by atoms with Crippen LogP contribution in [-0.4, -0.2) is 23.7 Å². The average molecular weight is 880 g/mol. The van der Waals surface area contributed by atoms with Crippen LogP contribution in [0.15, 0.2) is 249 Å². The predicted octanol–water partition coefficient (Wildman–Crippen LogP) is 16.4. The topological polar surface area (TPSA) is 40.6 Å². The number of hydrogen-bond donors (Lipinski definition) is 0. The zero-order valence-electron chi connectivity index (χ0n) is 37.4. The van der Waals surface area contributed by atoms with Crippen LogP contribution in [0.5, 0.6) is 0 Å². The predicted molar refractivity (Wildman–Crippen MR) is 287 cm³/mol. The monoisotopic (exact) mass is 879 g/mol. The van der Waals surface area contributed by atoms with Crippen LogP contribution in [0.25, 0.3) is 127 Å². The van der Waals surface area contributed by atoms with Gasteiger partial charge in [-0.3, -0.25) is 4.57 Å². The Hall–Kier alpha value is -9.32. The largest absolute Gasteiger partial charge is 0.309 e. The van der Waals surface area contributed by atoms with Gasteiger partial charge in [-0.2, -0.15) is 0 Å². The molecule has 0 amide bonds. The molecule has 0 saturated heterocycles. The van der Waals surface area contributed by atoms with Gasteiger partial charge < -0.3 is 9.13 Å². The summed E-state index contributed by atoms with van der Waals surface area (Å²) in [4.78, 5) is 10.7. The quantitative estimate of drug-likeness (QED) is 0.160. The fourth-order valence-corrected chi connectivity index (χ4v) is 10.7. The highest BCUT2D eigenvalue weighted by Crippen LogP contribution is 2.42. The molecule has 5 heteroatoms. The van der Waals surface area contributed by atoms with Crippen LogP contribution in [0, 0.1) is 0 Å². The van der Waals surface area contributed by atoms with Crippen molar-refractivity contribution in [1.29, 1.82) is 0 Å². The number of rotatable bonds is 7. The molecule has 0 aliphatic heterocycles. The fraction of sp³-hybridized carbons (Fsp3) is 0. The highest BCUT2D eigenvalue weighted by molar-refractivity contribution is 6.12. The van der Waals surface area contributed by atoms with E-state index in [0.717, 1.165) is 73.0 Å². The van der Waals surface area contributed by atoms with Crippen molar-refractivity contribution < 1.29 is 0 Å². The molecule has 0 radical (unpaired) electrons. The molecule has 14 aromatic rings. The molecule has 0 unspecified atom stereocenters. The molecule has 5 nitrogen and oxygen atoms in total. The minimum atomic E-state index is 0.805. The van der Waals surface area contributed by atoms with Gasteiger partial charge in [0.15, 0.2) is 5.65 Å². The minimum absolute atomic E-state index is 0.805. The zero-order valence-corrected chi connectivity index (χ0v) is 37.4. The number of fused-ring (bicyclic) bond motifs is 8. The Bertz CT molecular complexity index is 4120. The van der Waals surface area contributed by atoms with Crippen LogP contribution in [0.4, 0.5) is 0 Å². The minimum Gasteiger partial charge on any atom is -0.309 e. The third-order valence-corrected chi connectivity index (χ3v) is 13.9. The standard InChI is InChI=1S/C64H41N5/c1-4-18-50(19-5-1)67-58-26-14-12-24-54(58)56-40-44(30-32-60(56)67)47-37-48(45-31-33-61-57(41-45)55-25-13-15-27-59(55)68(61)51-20-6-2-7-21-51)39-49(38-47)63-66-62-53(46-29-28-42-16-10-11-17-43(42)36-46)34-35-65-64(62)69(63)52-22-8-3-9-23-52/h1-41H. The number of para-hydroxylation sites is 5. The Balaban J connectivity index is 1.03. The van der Waals surface area contributed by atoms with E-state index in [1.807, 2.05) is 6.20 Å². The third-order valence-electron chi connectivity index (χ3n) is 13.9. The average Bonchev–Trinajstić information content (AvgIpc) is 4.09. The van der Waals surface area contributed by atoms with Gasteiger partial charge in [0, 0.05) is 55.9 Å². The molecule has 0 aliphatic rings. The summed E-state index contributed by atoms with van der Waals surface area (Å²) in [5.41, 5.74) is 17.2. The Morgan fingerprint density at radius 3 is 1.33 bits per heavy atom. The van der Waals surface area contributed by atoms with Crippen LogP contribution in [0.3, 0.4) is 0 Å². The summed E-state index contributed by atoms with van der Waals surface area (Å²) >= 11 is 0. The smallest absolute Gasteiger partial charge is 0.165 e. The summed E-state index contributed by atoms with van der Waals surface area (Å²) in [6.45, 7) is 0. The number of aromatic nitrogens is 5. The molecule has 0 spiro atoms. The van der Waals surface area contributed by atoms with Crippen molar-refractivity contribution in [2.45, 2.75) is 0 Å². The van der Waals surface area contributed by atoms with E-state index in [2.05, 4.69) is 256 Å². The van der Waals surface area contributed by atoms with Crippen molar-refractivity contribution in [2.24, 2.45) is 0 Å². The Labute approximate surface area is 398 Å². The Morgan fingerprint density at radius 1 is 0.290 bits per heavy atom. The zero-order chi connectivity index (χ0) is 45.4. The van der Waals surface area contributed by atoms with Crippen LogP contribution in [0.1, 0.15) is 0 Å². The molecular weight excluding hydrogens is 839 g/mol. The Kier molecular flexibility index (Phi) is 8.83. The lowest BCUT2D eigenvalue weighted by Gasteiger charge is -2.14. The highest BCUT2D eigenvalue weighted by Gasteiger charge is 2.22. The number of pyridine rings is 1. The molecule has 4 heterocycles. The molecule has 10 aromatic carbocycles. The summed E-state index contributed by atoms with van der Waals surface area (Å²) < 4.78 is 6.98. The van der Waals surface area contributed by atoms with Crippen molar-refractivity contribution in [3.63, 3.8) is 0 Å². The molecule has 0 saturated carbocycles. The fourth-order valence-electron chi connectivity index (χ4n) is 10.7. The first-order chi connectivity index (χ1) is 34.2. The third kappa shape index (κ3) is 6.32. The first-order valence-corrected chi connectivity index (χ1v) is 23.5. The second-order valence-corrected chi connectivity index (χ2v) is 17.8. The number of imidazole rings is 1. The van der Waals surface area contributed by atoms with Gasteiger partial charge in [0.05, 0.1) is 22.1 Å². The molecule has 322 valence electrons. The van der Waals surface area contributed by atoms with Gasteiger partial charge in [-0.15, -0.1) is 0 Å². The van der Waals surface area contributed by atoms with Crippen LogP contribution in [-0.2, 0) is 0 Å². The molecule has 69 heavy (non-hydrogen) atoms. The molecule has 0 fully saturated rings. The van der Waals surface area contributed by atoms with Crippen molar-refractivity contribution in [2.75, 3.05) is 0 Å². The molecule has 0 bridgehead atoms. The van der Waals surface area contributed by atoms with E-state index in [0.29, 0.717) is 0 Å². The van der Waals surface area contributed by atoms with Gasteiger partial charge in [-0.1, -0.05) is 140 Å². The highest BCUT2D eigenvalue weighted by atomic mass is 15.1. The normalized spacial score (nSPS) is 11.8. The second-order valence-electron chi connectivity index (χ2n) is 17.8. The van der Waals surface area contributed by atoms with Gasteiger partial charge in [-0.25, -0.2) is 9.97 Å². The summed E-state index contributed by atoms with van der Waals surface area (Å²) in [6.07, 6.45) is 1.92.